The largest absolute Gasteiger partial charge is 0.416 e. The molecule has 1 aromatic carbocycles. The number of nitrogens with zero attached hydrogens (tertiary/aromatic N) is 2. The zero-order valence-electron chi connectivity index (χ0n) is 17.3. The minimum atomic E-state index is -4.48. The molecule has 0 N–H and O–H groups in total. The number of halogens is 3. The van der Waals surface area contributed by atoms with Crippen molar-refractivity contribution in [2.75, 3.05) is 27.2 Å². The Bertz CT molecular complexity index is 768. The standard InChI is InChI=1S/C21H31F3N2O2S/c1-4-15-25(2)16-5-6-17-7-11-19(12-8-17)26(3)29(27,28)20-13-9-18(10-14-20)21(22,23)24/h5-6,9-10,13-14,17,19H,4,7-8,11-12,15-16H2,1-3H3/t17-,19-. The van der Waals surface area contributed by atoms with Crippen molar-refractivity contribution >= 4 is 10.0 Å². The average Bonchev–Trinajstić information content (AvgIpc) is 2.67. The number of hydrogen-bond donors (Lipinski definition) is 0. The summed E-state index contributed by atoms with van der Waals surface area (Å²) in [7, 11) is -0.201. The van der Waals surface area contributed by atoms with Crippen molar-refractivity contribution in [1.82, 2.24) is 9.21 Å². The molecule has 0 atom stereocenters. The lowest BCUT2D eigenvalue weighted by Gasteiger charge is -2.33. The summed E-state index contributed by atoms with van der Waals surface area (Å²) in [6.07, 6.45) is 4.36. The molecule has 1 aliphatic rings. The molecule has 29 heavy (non-hydrogen) atoms. The van der Waals surface area contributed by atoms with Crippen LogP contribution in [0.2, 0.25) is 0 Å². The van der Waals surface area contributed by atoms with Crippen LogP contribution in [0.5, 0.6) is 0 Å². The van der Waals surface area contributed by atoms with E-state index in [1.165, 1.54) is 11.4 Å². The lowest BCUT2D eigenvalue weighted by Crippen LogP contribution is -2.39. The van der Waals surface area contributed by atoms with Crippen LogP contribution in [-0.2, 0) is 16.2 Å². The highest BCUT2D eigenvalue weighted by atomic mass is 32.2. The van der Waals surface area contributed by atoms with Gasteiger partial charge in [0.15, 0.2) is 0 Å². The first kappa shape index (κ1) is 23.9. The summed E-state index contributed by atoms with van der Waals surface area (Å²) in [5, 5.41) is 0. The van der Waals surface area contributed by atoms with Gasteiger partial charge in [0, 0.05) is 19.6 Å². The molecule has 0 aliphatic heterocycles. The van der Waals surface area contributed by atoms with Gasteiger partial charge in [-0.05, 0) is 75.9 Å². The molecule has 0 aromatic heterocycles. The molecule has 4 nitrogen and oxygen atoms in total. The predicted octanol–water partition coefficient (Wildman–Crippen LogP) is 4.78. The van der Waals surface area contributed by atoms with Crippen molar-refractivity contribution in [3.05, 3.63) is 42.0 Å². The van der Waals surface area contributed by atoms with Gasteiger partial charge in [-0.1, -0.05) is 19.1 Å². The fourth-order valence-corrected chi connectivity index (χ4v) is 5.16. The minimum Gasteiger partial charge on any atom is -0.303 e. The van der Waals surface area contributed by atoms with E-state index in [1.54, 1.807) is 0 Å². The second kappa shape index (κ2) is 10.1. The maximum absolute atomic E-state index is 12.8. The van der Waals surface area contributed by atoms with Crippen molar-refractivity contribution < 1.29 is 21.6 Å². The summed E-state index contributed by atoms with van der Waals surface area (Å²) < 4.78 is 65.1. The number of likely N-dealkylation sites (N-methyl/N-ethyl adjacent to an activating group) is 1. The van der Waals surface area contributed by atoms with Crippen LogP contribution in [0.1, 0.15) is 44.6 Å². The van der Waals surface area contributed by atoms with Gasteiger partial charge in [0.2, 0.25) is 10.0 Å². The molecule has 0 saturated heterocycles. The Kier molecular flexibility index (Phi) is 8.31. The van der Waals surface area contributed by atoms with Gasteiger partial charge >= 0.3 is 6.18 Å². The molecule has 1 aromatic rings. The van der Waals surface area contributed by atoms with E-state index >= 15 is 0 Å². The number of alkyl halides is 3. The van der Waals surface area contributed by atoms with Gasteiger partial charge in [0.25, 0.3) is 0 Å². The van der Waals surface area contributed by atoms with Gasteiger partial charge in [-0.15, -0.1) is 0 Å². The molecule has 0 radical (unpaired) electrons. The van der Waals surface area contributed by atoms with Crippen LogP contribution in [-0.4, -0.2) is 50.8 Å². The lowest BCUT2D eigenvalue weighted by atomic mass is 9.86. The number of benzene rings is 1. The molecular formula is C21H31F3N2O2S. The molecule has 0 amide bonds. The van der Waals surface area contributed by atoms with Crippen LogP contribution in [0, 0.1) is 5.92 Å². The van der Waals surface area contributed by atoms with Crippen molar-refractivity contribution in [1.29, 1.82) is 0 Å². The SMILES string of the molecule is CCCN(C)CC=C[C@H]1CC[C@H](N(C)S(=O)(=O)c2ccc(C(F)(F)F)cc2)CC1. The van der Waals surface area contributed by atoms with Crippen LogP contribution in [0.3, 0.4) is 0 Å². The molecule has 1 saturated carbocycles. The van der Waals surface area contributed by atoms with E-state index in [2.05, 4.69) is 31.0 Å². The molecular weight excluding hydrogens is 401 g/mol. The predicted molar refractivity (Wildman–Crippen MR) is 109 cm³/mol. The molecule has 2 rings (SSSR count). The number of hydrogen-bond acceptors (Lipinski definition) is 3. The quantitative estimate of drug-likeness (QED) is 0.555. The Balaban J connectivity index is 1.94. The van der Waals surface area contributed by atoms with Crippen molar-refractivity contribution in [3.63, 3.8) is 0 Å². The molecule has 0 spiro atoms. The van der Waals surface area contributed by atoms with Gasteiger partial charge in [-0.2, -0.15) is 17.5 Å². The van der Waals surface area contributed by atoms with Gasteiger partial charge in [0.1, 0.15) is 0 Å². The van der Waals surface area contributed by atoms with E-state index in [-0.39, 0.29) is 10.9 Å². The van der Waals surface area contributed by atoms with E-state index < -0.39 is 21.8 Å². The summed E-state index contributed by atoms with van der Waals surface area (Å²) >= 11 is 0. The van der Waals surface area contributed by atoms with Crippen molar-refractivity contribution in [2.24, 2.45) is 5.92 Å². The second-order valence-electron chi connectivity index (χ2n) is 7.80. The first-order valence-electron chi connectivity index (χ1n) is 10.1. The summed E-state index contributed by atoms with van der Waals surface area (Å²) in [6.45, 7) is 4.12. The normalized spacial score (nSPS) is 21.4. The molecule has 164 valence electrons. The summed E-state index contributed by atoms with van der Waals surface area (Å²) in [4.78, 5) is 2.15. The summed E-state index contributed by atoms with van der Waals surface area (Å²) in [5.41, 5.74) is -0.851. The highest BCUT2D eigenvalue weighted by Gasteiger charge is 2.33. The maximum atomic E-state index is 12.8. The van der Waals surface area contributed by atoms with Gasteiger partial charge in [0.05, 0.1) is 10.5 Å². The van der Waals surface area contributed by atoms with Crippen LogP contribution in [0.25, 0.3) is 0 Å². The molecule has 0 heterocycles. The number of sulfonamides is 1. The highest BCUT2D eigenvalue weighted by molar-refractivity contribution is 7.89. The van der Waals surface area contributed by atoms with Crippen LogP contribution in [0.15, 0.2) is 41.3 Å². The van der Waals surface area contributed by atoms with Crippen molar-refractivity contribution in [2.45, 2.75) is 56.1 Å². The number of allylic oxidation sites excluding steroid dienone is 1. The summed E-state index contributed by atoms with van der Waals surface area (Å²) in [5.74, 6) is 0.448. The second-order valence-corrected chi connectivity index (χ2v) is 9.80. The van der Waals surface area contributed by atoms with Crippen LogP contribution in [0.4, 0.5) is 13.2 Å². The fourth-order valence-electron chi connectivity index (χ4n) is 3.74. The Morgan fingerprint density at radius 3 is 2.17 bits per heavy atom. The molecule has 0 unspecified atom stereocenters. The molecule has 1 aliphatic carbocycles. The monoisotopic (exact) mass is 432 g/mol. The average molecular weight is 433 g/mol. The minimum absolute atomic E-state index is 0.103. The van der Waals surface area contributed by atoms with E-state index in [0.29, 0.717) is 5.92 Å². The Labute approximate surface area is 172 Å². The Morgan fingerprint density at radius 2 is 1.66 bits per heavy atom. The first-order chi connectivity index (χ1) is 13.6. The zero-order chi connectivity index (χ0) is 21.7. The Hall–Kier alpha value is -1.38. The zero-order valence-corrected chi connectivity index (χ0v) is 18.1. The highest BCUT2D eigenvalue weighted by Crippen LogP contribution is 2.32. The van der Waals surface area contributed by atoms with E-state index in [0.717, 1.165) is 69.5 Å². The summed E-state index contributed by atoms with van der Waals surface area (Å²) in [6, 6.07) is 3.58. The fraction of sp³-hybridized carbons (Fsp3) is 0.619. The van der Waals surface area contributed by atoms with Crippen LogP contribution >= 0.6 is 0 Å². The third kappa shape index (κ3) is 6.55. The van der Waals surface area contributed by atoms with Crippen molar-refractivity contribution in [3.8, 4) is 0 Å². The van der Waals surface area contributed by atoms with E-state index in [9.17, 15) is 21.6 Å². The smallest absolute Gasteiger partial charge is 0.303 e. The van der Waals surface area contributed by atoms with E-state index in [4.69, 9.17) is 0 Å². The van der Waals surface area contributed by atoms with Gasteiger partial charge < -0.3 is 4.90 Å². The van der Waals surface area contributed by atoms with Gasteiger partial charge in [-0.25, -0.2) is 8.42 Å². The van der Waals surface area contributed by atoms with Gasteiger partial charge in [-0.3, -0.25) is 0 Å². The molecule has 0 bridgehead atoms. The third-order valence-corrected chi connectivity index (χ3v) is 7.47. The van der Waals surface area contributed by atoms with Crippen LogP contribution < -0.4 is 0 Å². The molecule has 8 heteroatoms. The van der Waals surface area contributed by atoms with E-state index in [1.807, 2.05) is 0 Å². The lowest BCUT2D eigenvalue weighted by molar-refractivity contribution is -0.137. The molecule has 1 fully saturated rings. The first-order valence-corrected chi connectivity index (χ1v) is 11.5. The maximum Gasteiger partial charge on any atom is 0.416 e. The Morgan fingerprint density at radius 1 is 1.07 bits per heavy atom. The number of rotatable bonds is 8. The third-order valence-electron chi connectivity index (χ3n) is 5.54. The topological polar surface area (TPSA) is 40.6 Å².